The lowest BCUT2D eigenvalue weighted by Crippen LogP contribution is -2.51. The number of amides is 1. The molecule has 3 heterocycles. The third kappa shape index (κ3) is 6.57. The molecule has 1 aliphatic rings. The van der Waals surface area contributed by atoms with E-state index in [1.807, 2.05) is 43.3 Å². The standard InChI is InChI=1S/C28H34N4O4/c1-3-23(33)7-5-4-6-8-24(32-27(34)22-15-29-16-22)28-31-18-25(36-28)20-11-9-19(10-12-20)21-13-14-26(35-2)30-17-21/h9-14,17-18,22,24,29H,3-8,15-16H2,1-2H3,(H,32,34)/t24-/m0/s1. The van der Waals surface area contributed by atoms with Gasteiger partial charge in [-0.15, -0.1) is 0 Å². The van der Waals surface area contributed by atoms with Gasteiger partial charge in [-0.3, -0.25) is 9.59 Å². The first kappa shape index (κ1) is 25.6. The lowest BCUT2D eigenvalue weighted by Gasteiger charge is -2.27. The first-order valence-corrected chi connectivity index (χ1v) is 12.7. The first-order valence-electron chi connectivity index (χ1n) is 12.7. The van der Waals surface area contributed by atoms with Gasteiger partial charge in [-0.1, -0.05) is 44.0 Å². The van der Waals surface area contributed by atoms with Crippen molar-refractivity contribution in [1.82, 2.24) is 20.6 Å². The SMILES string of the molecule is CCC(=O)CCCCC[C@H](NC(=O)C1CNC1)c1ncc(-c2ccc(-c3ccc(OC)nc3)cc2)o1. The van der Waals surface area contributed by atoms with Crippen LogP contribution in [0, 0.1) is 5.92 Å². The van der Waals surface area contributed by atoms with Gasteiger partial charge in [-0.2, -0.15) is 0 Å². The summed E-state index contributed by atoms with van der Waals surface area (Å²) in [6.45, 7) is 3.29. The van der Waals surface area contributed by atoms with Crippen LogP contribution < -0.4 is 15.4 Å². The molecule has 0 spiro atoms. The Balaban J connectivity index is 1.42. The maximum absolute atomic E-state index is 12.6. The van der Waals surface area contributed by atoms with Gasteiger partial charge in [0.2, 0.25) is 17.7 Å². The highest BCUT2D eigenvalue weighted by molar-refractivity contribution is 5.80. The summed E-state index contributed by atoms with van der Waals surface area (Å²) < 4.78 is 11.3. The third-order valence-electron chi connectivity index (χ3n) is 6.58. The number of ether oxygens (including phenoxy) is 1. The molecule has 1 aliphatic heterocycles. The average molecular weight is 491 g/mol. The molecule has 2 N–H and O–H groups in total. The number of nitrogens with zero attached hydrogens (tertiary/aromatic N) is 2. The third-order valence-corrected chi connectivity index (χ3v) is 6.58. The van der Waals surface area contributed by atoms with Crippen LogP contribution in [0.15, 0.2) is 53.2 Å². The number of ketones is 1. The van der Waals surface area contributed by atoms with Crippen LogP contribution in [0.3, 0.4) is 0 Å². The summed E-state index contributed by atoms with van der Waals surface area (Å²) in [5.74, 6) is 2.06. The zero-order chi connectivity index (χ0) is 25.3. The number of carbonyl (C=O) groups is 2. The zero-order valence-electron chi connectivity index (χ0n) is 21.0. The molecule has 1 atom stereocenters. The summed E-state index contributed by atoms with van der Waals surface area (Å²) in [4.78, 5) is 33.0. The largest absolute Gasteiger partial charge is 0.481 e. The molecule has 0 aliphatic carbocycles. The van der Waals surface area contributed by atoms with Gasteiger partial charge in [-0.25, -0.2) is 9.97 Å². The van der Waals surface area contributed by atoms with Crippen molar-refractivity contribution >= 4 is 11.7 Å². The predicted octanol–water partition coefficient (Wildman–Crippen LogP) is 4.72. The van der Waals surface area contributed by atoms with E-state index < -0.39 is 0 Å². The van der Waals surface area contributed by atoms with Crippen LogP contribution in [-0.4, -0.2) is 41.9 Å². The van der Waals surface area contributed by atoms with Crippen LogP contribution in [0.25, 0.3) is 22.5 Å². The number of hydrogen-bond donors (Lipinski definition) is 2. The molecule has 8 heteroatoms. The van der Waals surface area contributed by atoms with E-state index in [0.717, 1.165) is 42.4 Å². The molecule has 1 aromatic carbocycles. The Morgan fingerprint density at radius 1 is 1.03 bits per heavy atom. The van der Waals surface area contributed by atoms with E-state index in [4.69, 9.17) is 9.15 Å². The zero-order valence-corrected chi connectivity index (χ0v) is 21.0. The molecule has 1 fully saturated rings. The van der Waals surface area contributed by atoms with Crippen LogP contribution >= 0.6 is 0 Å². The van der Waals surface area contributed by atoms with Gasteiger partial charge in [0.1, 0.15) is 11.8 Å². The Morgan fingerprint density at radius 2 is 1.78 bits per heavy atom. The molecule has 36 heavy (non-hydrogen) atoms. The predicted molar refractivity (Wildman–Crippen MR) is 137 cm³/mol. The Morgan fingerprint density at radius 3 is 2.42 bits per heavy atom. The summed E-state index contributed by atoms with van der Waals surface area (Å²) in [6, 6.07) is 11.5. The van der Waals surface area contributed by atoms with Crippen LogP contribution in [0.1, 0.15) is 57.4 Å². The van der Waals surface area contributed by atoms with Crippen LogP contribution in [-0.2, 0) is 9.59 Å². The number of carbonyl (C=O) groups excluding carboxylic acids is 2. The van der Waals surface area contributed by atoms with Crippen molar-refractivity contribution in [3.05, 3.63) is 54.7 Å². The Kier molecular flexibility index (Phi) is 8.84. The van der Waals surface area contributed by atoms with Gasteiger partial charge in [-0.05, 0) is 24.5 Å². The second-order valence-corrected chi connectivity index (χ2v) is 9.14. The number of Topliss-reactive ketones (excluding diaryl/α,β-unsaturated/α-hetero) is 1. The highest BCUT2D eigenvalue weighted by atomic mass is 16.5. The maximum Gasteiger partial charge on any atom is 0.226 e. The fourth-order valence-electron chi connectivity index (χ4n) is 4.13. The Hall–Kier alpha value is -3.52. The van der Waals surface area contributed by atoms with Gasteiger partial charge < -0.3 is 19.8 Å². The maximum atomic E-state index is 12.6. The minimum absolute atomic E-state index is 0.0101. The number of benzene rings is 1. The number of methoxy groups -OCH3 is 1. The number of nitrogens with one attached hydrogen (secondary N) is 2. The normalized spacial score (nSPS) is 14.2. The Bertz CT molecular complexity index is 1140. The summed E-state index contributed by atoms with van der Waals surface area (Å²) in [6.07, 6.45) is 8.10. The van der Waals surface area contributed by atoms with Crippen molar-refractivity contribution in [2.24, 2.45) is 5.92 Å². The van der Waals surface area contributed by atoms with E-state index in [9.17, 15) is 9.59 Å². The van der Waals surface area contributed by atoms with Gasteiger partial charge >= 0.3 is 0 Å². The van der Waals surface area contributed by atoms with Gasteiger partial charge in [0.15, 0.2) is 5.76 Å². The number of oxazole rings is 1. The van der Waals surface area contributed by atoms with Gasteiger partial charge in [0.05, 0.1) is 19.2 Å². The van der Waals surface area contributed by atoms with Crippen molar-refractivity contribution in [3.8, 4) is 28.3 Å². The van der Waals surface area contributed by atoms with E-state index >= 15 is 0 Å². The molecule has 0 unspecified atom stereocenters. The van der Waals surface area contributed by atoms with Crippen molar-refractivity contribution in [2.75, 3.05) is 20.2 Å². The minimum atomic E-state index is -0.293. The molecule has 4 rings (SSSR count). The second kappa shape index (κ2) is 12.4. The first-order chi connectivity index (χ1) is 17.6. The van der Waals surface area contributed by atoms with E-state index in [0.29, 0.717) is 49.2 Å². The van der Waals surface area contributed by atoms with Gasteiger partial charge in [0, 0.05) is 49.3 Å². The van der Waals surface area contributed by atoms with E-state index in [1.165, 1.54) is 0 Å². The molecule has 3 aromatic rings. The van der Waals surface area contributed by atoms with Crippen LogP contribution in [0.2, 0.25) is 0 Å². The molecule has 0 radical (unpaired) electrons. The van der Waals surface area contributed by atoms with Crippen molar-refractivity contribution in [1.29, 1.82) is 0 Å². The highest BCUT2D eigenvalue weighted by Gasteiger charge is 2.28. The topological polar surface area (TPSA) is 106 Å². The number of pyridine rings is 1. The molecule has 2 aromatic heterocycles. The lowest BCUT2D eigenvalue weighted by atomic mass is 10.0. The van der Waals surface area contributed by atoms with Gasteiger partial charge in [0.25, 0.3) is 0 Å². The summed E-state index contributed by atoms with van der Waals surface area (Å²) in [5.41, 5.74) is 2.94. The smallest absolute Gasteiger partial charge is 0.226 e. The molecular formula is C28H34N4O4. The molecule has 1 saturated heterocycles. The monoisotopic (exact) mass is 490 g/mol. The fourth-order valence-corrected chi connectivity index (χ4v) is 4.13. The van der Waals surface area contributed by atoms with E-state index in [2.05, 4.69) is 20.6 Å². The van der Waals surface area contributed by atoms with Crippen molar-refractivity contribution in [2.45, 2.75) is 51.5 Å². The Labute approximate surface area is 211 Å². The summed E-state index contributed by atoms with van der Waals surface area (Å²) in [7, 11) is 1.60. The molecule has 190 valence electrons. The van der Waals surface area contributed by atoms with Crippen LogP contribution in [0.4, 0.5) is 0 Å². The summed E-state index contributed by atoms with van der Waals surface area (Å²) >= 11 is 0. The average Bonchev–Trinajstić information content (AvgIpc) is 3.37. The fraction of sp³-hybridized carbons (Fsp3) is 0.429. The van der Waals surface area contributed by atoms with E-state index in [1.54, 1.807) is 19.5 Å². The lowest BCUT2D eigenvalue weighted by molar-refractivity contribution is -0.127. The number of unbranched alkanes of at least 4 members (excludes halogenated alkanes) is 2. The number of rotatable bonds is 13. The molecule has 8 nitrogen and oxygen atoms in total. The van der Waals surface area contributed by atoms with Crippen molar-refractivity contribution < 1.29 is 18.7 Å². The van der Waals surface area contributed by atoms with Crippen molar-refractivity contribution in [3.63, 3.8) is 0 Å². The second-order valence-electron chi connectivity index (χ2n) is 9.14. The molecule has 0 bridgehead atoms. The molecule has 1 amide bonds. The molecular weight excluding hydrogens is 456 g/mol. The number of hydrogen-bond acceptors (Lipinski definition) is 7. The van der Waals surface area contributed by atoms with E-state index in [-0.39, 0.29) is 17.9 Å². The number of aromatic nitrogens is 2. The molecule has 0 saturated carbocycles. The minimum Gasteiger partial charge on any atom is -0.481 e. The quantitative estimate of drug-likeness (QED) is 0.334. The highest BCUT2D eigenvalue weighted by Crippen LogP contribution is 2.29. The summed E-state index contributed by atoms with van der Waals surface area (Å²) in [5, 5.41) is 6.27. The van der Waals surface area contributed by atoms with Crippen LogP contribution in [0.5, 0.6) is 5.88 Å².